The van der Waals surface area contributed by atoms with Crippen molar-refractivity contribution < 1.29 is 9.90 Å². The van der Waals surface area contributed by atoms with Crippen molar-refractivity contribution in [2.24, 2.45) is 0 Å². The van der Waals surface area contributed by atoms with E-state index < -0.39 is 0 Å². The predicted molar refractivity (Wildman–Crippen MR) is 62.8 cm³/mol. The molecule has 1 atom stereocenters. The fourth-order valence-corrected chi connectivity index (χ4v) is 2.31. The Morgan fingerprint density at radius 1 is 1.44 bits per heavy atom. The van der Waals surface area contributed by atoms with Gasteiger partial charge in [-0.25, -0.2) is 0 Å². The topological polar surface area (TPSA) is 49.3 Å². The van der Waals surface area contributed by atoms with Gasteiger partial charge in [0.2, 0.25) is 0 Å². The highest BCUT2D eigenvalue weighted by atomic mass is 16.3. The number of piperidine rings is 1. The van der Waals surface area contributed by atoms with Crippen molar-refractivity contribution in [1.29, 1.82) is 0 Å². The van der Waals surface area contributed by atoms with Crippen molar-refractivity contribution in [2.45, 2.75) is 32.2 Å². The predicted octanol–water partition coefficient (Wildman–Crippen LogP) is 2.33. The zero-order valence-electron chi connectivity index (χ0n) is 9.49. The first kappa shape index (κ1) is 11.1. The number of hydrogen-bond donors (Lipinski definition) is 2. The second kappa shape index (κ2) is 4.66. The summed E-state index contributed by atoms with van der Waals surface area (Å²) in [6.07, 6.45) is 4.09. The van der Waals surface area contributed by atoms with Crippen molar-refractivity contribution in [3.8, 4) is 5.75 Å². The number of phenols is 1. The molecule has 3 heteroatoms. The van der Waals surface area contributed by atoms with E-state index in [2.05, 4.69) is 5.32 Å². The first-order valence-electron chi connectivity index (χ1n) is 5.74. The third-order valence-electron chi connectivity index (χ3n) is 3.13. The van der Waals surface area contributed by atoms with E-state index in [1.807, 2.05) is 13.0 Å². The average Bonchev–Trinajstić information content (AvgIpc) is 2.33. The molecule has 1 saturated heterocycles. The maximum absolute atomic E-state index is 10.8. The number of aromatic hydroxyl groups is 1. The molecule has 0 radical (unpaired) electrons. The summed E-state index contributed by atoms with van der Waals surface area (Å²) in [5.74, 6) is 0.139. The van der Waals surface area contributed by atoms with E-state index in [-0.39, 0.29) is 11.8 Å². The van der Waals surface area contributed by atoms with Crippen LogP contribution in [0.2, 0.25) is 0 Å². The second-order valence-electron chi connectivity index (χ2n) is 4.41. The van der Waals surface area contributed by atoms with Crippen LogP contribution in [0.4, 0.5) is 0 Å². The van der Waals surface area contributed by atoms with Crippen LogP contribution in [0.3, 0.4) is 0 Å². The lowest BCUT2D eigenvalue weighted by Gasteiger charge is -2.25. The van der Waals surface area contributed by atoms with E-state index in [1.165, 1.54) is 12.8 Å². The van der Waals surface area contributed by atoms with Gasteiger partial charge >= 0.3 is 0 Å². The summed E-state index contributed by atoms with van der Waals surface area (Å²) in [4.78, 5) is 10.8. The van der Waals surface area contributed by atoms with E-state index in [1.54, 1.807) is 6.07 Å². The lowest BCUT2D eigenvalue weighted by atomic mass is 9.94. The molecule has 1 heterocycles. The van der Waals surface area contributed by atoms with Crippen molar-refractivity contribution in [3.63, 3.8) is 0 Å². The summed E-state index contributed by atoms with van der Waals surface area (Å²) < 4.78 is 0. The SMILES string of the molecule is Cc1cc(C=O)c(O)c(C2CCCCN2)c1. The van der Waals surface area contributed by atoms with Gasteiger partial charge in [0.25, 0.3) is 0 Å². The van der Waals surface area contributed by atoms with Crippen LogP contribution >= 0.6 is 0 Å². The van der Waals surface area contributed by atoms with Crippen LogP contribution in [0.25, 0.3) is 0 Å². The van der Waals surface area contributed by atoms with Crippen molar-refractivity contribution in [2.75, 3.05) is 6.54 Å². The monoisotopic (exact) mass is 219 g/mol. The number of rotatable bonds is 2. The van der Waals surface area contributed by atoms with Gasteiger partial charge in [0.1, 0.15) is 5.75 Å². The maximum atomic E-state index is 10.8. The summed E-state index contributed by atoms with van der Waals surface area (Å²) in [7, 11) is 0. The molecule has 0 bridgehead atoms. The summed E-state index contributed by atoms with van der Waals surface area (Å²) in [6, 6.07) is 3.87. The van der Waals surface area contributed by atoms with Gasteiger partial charge in [-0.05, 0) is 37.9 Å². The molecule has 0 aliphatic carbocycles. The normalized spacial score (nSPS) is 20.7. The number of carbonyl (C=O) groups excluding carboxylic acids is 1. The fraction of sp³-hybridized carbons (Fsp3) is 0.462. The molecule has 0 amide bonds. The van der Waals surface area contributed by atoms with E-state index in [9.17, 15) is 9.90 Å². The molecule has 2 rings (SSSR count). The Balaban J connectivity index is 2.38. The molecule has 1 aromatic rings. The highest BCUT2D eigenvalue weighted by Crippen LogP contribution is 2.32. The zero-order chi connectivity index (χ0) is 11.5. The Hall–Kier alpha value is -1.35. The van der Waals surface area contributed by atoms with Crippen LogP contribution in [0.5, 0.6) is 5.75 Å². The highest BCUT2D eigenvalue weighted by molar-refractivity contribution is 5.80. The number of nitrogens with one attached hydrogen (secondary N) is 1. The van der Waals surface area contributed by atoms with Gasteiger partial charge in [0.05, 0.1) is 5.56 Å². The molecule has 16 heavy (non-hydrogen) atoms. The molecule has 1 aliphatic heterocycles. The van der Waals surface area contributed by atoms with Gasteiger partial charge in [-0.2, -0.15) is 0 Å². The summed E-state index contributed by atoms with van der Waals surface area (Å²) in [6.45, 7) is 2.92. The number of aldehydes is 1. The molecular weight excluding hydrogens is 202 g/mol. The molecular formula is C13H17NO2. The Bertz CT molecular complexity index is 395. The molecule has 0 saturated carbocycles. The largest absolute Gasteiger partial charge is 0.507 e. The summed E-state index contributed by atoms with van der Waals surface area (Å²) in [5, 5.41) is 13.4. The van der Waals surface area contributed by atoms with Gasteiger partial charge in [0, 0.05) is 11.6 Å². The standard InChI is InChI=1S/C13H17NO2/c1-9-6-10(8-15)13(16)11(7-9)12-4-2-3-5-14-12/h6-8,12,14,16H,2-5H2,1H3. The van der Waals surface area contributed by atoms with E-state index >= 15 is 0 Å². The average molecular weight is 219 g/mol. The summed E-state index contributed by atoms with van der Waals surface area (Å²) in [5.41, 5.74) is 2.27. The minimum Gasteiger partial charge on any atom is -0.507 e. The van der Waals surface area contributed by atoms with Crippen LogP contribution in [0.15, 0.2) is 12.1 Å². The van der Waals surface area contributed by atoms with E-state index in [0.29, 0.717) is 11.8 Å². The Morgan fingerprint density at radius 2 is 2.25 bits per heavy atom. The van der Waals surface area contributed by atoms with Gasteiger partial charge < -0.3 is 10.4 Å². The second-order valence-corrected chi connectivity index (χ2v) is 4.41. The molecule has 1 aromatic carbocycles. The Morgan fingerprint density at radius 3 is 2.88 bits per heavy atom. The first-order chi connectivity index (χ1) is 7.72. The minimum atomic E-state index is 0.139. The minimum absolute atomic E-state index is 0.139. The molecule has 1 unspecified atom stereocenters. The van der Waals surface area contributed by atoms with Crippen molar-refractivity contribution >= 4 is 6.29 Å². The maximum Gasteiger partial charge on any atom is 0.153 e. The van der Waals surface area contributed by atoms with Crippen LogP contribution < -0.4 is 5.32 Å². The number of phenolic OH excluding ortho intramolecular Hbond substituents is 1. The molecule has 0 aromatic heterocycles. The lowest BCUT2D eigenvalue weighted by molar-refractivity contribution is 0.112. The first-order valence-corrected chi connectivity index (χ1v) is 5.74. The van der Waals surface area contributed by atoms with E-state index in [4.69, 9.17) is 0 Å². The molecule has 1 aliphatic rings. The quantitative estimate of drug-likeness (QED) is 0.750. The third kappa shape index (κ3) is 2.09. The van der Waals surface area contributed by atoms with Gasteiger partial charge in [-0.15, -0.1) is 0 Å². The summed E-state index contributed by atoms with van der Waals surface area (Å²) >= 11 is 0. The van der Waals surface area contributed by atoms with Crippen LogP contribution in [0.1, 0.15) is 46.8 Å². The number of hydrogen-bond acceptors (Lipinski definition) is 3. The fourth-order valence-electron chi connectivity index (χ4n) is 2.31. The van der Waals surface area contributed by atoms with E-state index in [0.717, 1.165) is 24.1 Å². The van der Waals surface area contributed by atoms with Crippen molar-refractivity contribution in [3.05, 3.63) is 28.8 Å². The number of aryl methyl sites for hydroxylation is 1. The highest BCUT2D eigenvalue weighted by Gasteiger charge is 2.19. The van der Waals surface area contributed by atoms with Crippen LogP contribution in [0, 0.1) is 6.92 Å². The molecule has 86 valence electrons. The molecule has 0 spiro atoms. The lowest BCUT2D eigenvalue weighted by Crippen LogP contribution is -2.27. The van der Waals surface area contributed by atoms with Gasteiger partial charge in [-0.3, -0.25) is 4.79 Å². The number of carbonyl (C=O) groups is 1. The van der Waals surface area contributed by atoms with Crippen molar-refractivity contribution in [1.82, 2.24) is 5.32 Å². The Labute approximate surface area is 95.5 Å². The van der Waals surface area contributed by atoms with Crippen LogP contribution in [-0.4, -0.2) is 17.9 Å². The third-order valence-corrected chi connectivity index (χ3v) is 3.13. The zero-order valence-corrected chi connectivity index (χ0v) is 9.49. The van der Waals surface area contributed by atoms with Crippen LogP contribution in [-0.2, 0) is 0 Å². The number of benzene rings is 1. The molecule has 2 N–H and O–H groups in total. The van der Waals surface area contributed by atoms with Gasteiger partial charge in [-0.1, -0.05) is 12.5 Å². The Kier molecular flexibility index (Phi) is 3.25. The smallest absolute Gasteiger partial charge is 0.153 e. The molecule has 3 nitrogen and oxygen atoms in total. The molecule has 1 fully saturated rings. The van der Waals surface area contributed by atoms with Gasteiger partial charge in [0.15, 0.2) is 6.29 Å².